The number of benzene rings is 1. The molecule has 0 aromatic heterocycles. The molecule has 0 heterocycles. The zero-order chi connectivity index (χ0) is 12.0. The van der Waals surface area contributed by atoms with Gasteiger partial charge < -0.3 is 9.90 Å². The van der Waals surface area contributed by atoms with E-state index >= 15 is 0 Å². The average molecular weight is 220 g/mol. The van der Waals surface area contributed by atoms with Crippen LogP contribution in [0.5, 0.6) is 0 Å². The van der Waals surface area contributed by atoms with E-state index in [4.69, 9.17) is 5.11 Å². The summed E-state index contributed by atoms with van der Waals surface area (Å²) < 4.78 is 13.2. The number of carboxylic acids is 1. The molecule has 82 valence electrons. The lowest BCUT2D eigenvalue weighted by Crippen LogP contribution is -2.00. The standard InChI is InChI=1S/C12H9FO3/c13-11-5-4-9(8-12(15)16)7-10(11)3-1-2-6-14/h4-7H,2,8H2,(H,15,16). The largest absolute Gasteiger partial charge is 0.481 e. The highest BCUT2D eigenvalue weighted by molar-refractivity contribution is 5.70. The summed E-state index contributed by atoms with van der Waals surface area (Å²) in [4.78, 5) is 20.5. The summed E-state index contributed by atoms with van der Waals surface area (Å²) in [5, 5.41) is 8.57. The van der Waals surface area contributed by atoms with Gasteiger partial charge in [0.05, 0.1) is 18.4 Å². The second kappa shape index (κ2) is 5.66. The van der Waals surface area contributed by atoms with Gasteiger partial charge in [-0.2, -0.15) is 0 Å². The van der Waals surface area contributed by atoms with Crippen molar-refractivity contribution in [1.29, 1.82) is 0 Å². The predicted molar refractivity (Wildman–Crippen MR) is 55.3 cm³/mol. The van der Waals surface area contributed by atoms with Crippen molar-refractivity contribution in [3.63, 3.8) is 0 Å². The zero-order valence-corrected chi connectivity index (χ0v) is 8.37. The lowest BCUT2D eigenvalue weighted by molar-refractivity contribution is -0.136. The van der Waals surface area contributed by atoms with Crippen LogP contribution in [-0.4, -0.2) is 17.4 Å². The third-order valence-electron chi connectivity index (χ3n) is 1.79. The highest BCUT2D eigenvalue weighted by atomic mass is 19.1. The van der Waals surface area contributed by atoms with Crippen molar-refractivity contribution in [3.05, 3.63) is 35.1 Å². The van der Waals surface area contributed by atoms with Crippen LogP contribution >= 0.6 is 0 Å². The number of aldehydes is 1. The molecule has 1 aromatic rings. The molecule has 0 radical (unpaired) electrons. The number of carboxylic acid groups (broad SMARTS) is 1. The van der Waals surface area contributed by atoms with Crippen LogP contribution in [0.15, 0.2) is 18.2 Å². The van der Waals surface area contributed by atoms with Gasteiger partial charge in [-0.05, 0) is 17.7 Å². The molecule has 0 saturated heterocycles. The Morgan fingerprint density at radius 3 is 2.88 bits per heavy atom. The number of carbonyl (C=O) groups is 2. The predicted octanol–water partition coefficient (Wildman–Crippen LogP) is 1.39. The first-order valence-electron chi connectivity index (χ1n) is 4.56. The number of aliphatic carboxylic acids is 1. The van der Waals surface area contributed by atoms with Crippen molar-refractivity contribution in [3.8, 4) is 11.8 Å². The summed E-state index contributed by atoms with van der Waals surface area (Å²) in [7, 11) is 0. The Kier molecular flexibility index (Phi) is 4.22. The minimum absolute atomic E-state index is 0.0304. The number of halogens is 1. The van der Waals surface area contributed by atoms with Gasteiger partial charge in [-0.3, -0.25) is 4.79 Å². The van der Waals surface area contributed by atoms with E-state index in [1.165, 1.54) is 18.2 Å². The van der Waals surface area contributed by atoms with Crippen LogP contribution in [0, 0.1) is 17.7 Å². The van der Waals surface area contributed by atoms with Gasteiger partial charge in [-0.25, -0.2) is 4.39 Å². The van der Waals surface area contributed by atoms with Crippen LogP contribution in [0.1, 0.15) is 17.5 Å². The van der Waals surface area contributed by atoms with E-state index in [2.05, 4.69) is 11.8 Å². The molecule has 0 amide bonds. The molecular formula is C12H9FO3. The molecule has 16 heavy (non-hydrogen) atoms. The number of rotatable bonds is 3. The molecule has 1 N–H and O–H groups in total. The minimum Gasteiger partial charge on any atom is -0.481 e. The Morgan fingerprint density at radius 1 is 1.50 bits per heavy atom. The van der Waals surface area contributed by atoms with Crippen molar-refractivity contribution in [1.82, 2.24) is 0 Å². The smallest absolute Gasteiger partial charge is 0.307 e. The number of carbonyl (C=O) groups excluding carboxylic acids is 1. The molecule has 4 heteroatoms. The van der Waals surface area contributed by atoms with E-state index in [-0.39, 0.29) is 18.4 Å². The van der Waals surface area contributed by atoms with Crippen LogP contribution in [0.2, 0.25) is 0 Å². The van der Waals surface area contributed by atoms with Gasteiger partial charge >= 0.3 is 5.97 Å². The molecule has 0 atom stereocenters. The molecule has 0 saturated carbocycles. The topological polar surface area (TPSA) is 54.4 Å². The molecule has 1 aromatic carbocycles. The molecule has 0 aliphatic carbocycles. The summed E-state index contributed by atoms with van der Waals surface area (Å²) in [6.07, 6.45) is 0.469. The van der Waals surface area contributed by atoms with Crippen molar-refractivity contribution in [2.45, 2.75) is 12.8 Å². The fourth-order valence-electron chi connectivity index (χ4n) is 1.14. The molecular weight excluding hydrogens is 211 g/mol. The Bertz CT molecular complexity index is 469. The van der Waals surface area contributed by atoms with Gasteiger partial charge in [0.15, 0.2) is 0 Å². The minimum atomic E-state index is -0.988. The van der Waals surface area contributed by atoms with E-state index < -0.39 is 11.8 Å². The van der Waals surface area contributed by atoms with Crippen LogP contribution in [0.25, 0.3) is 0 Å². The summed E-state index contributed by atoms with van der Waals surface area (Å²) in [6.45, 7) is 0. The summed E-state index contributed by atoms with van der Waals surface area (Å²) >= 11 is 0. The van der Waals surface area contributed by atoms with Crippen LogP contribution in [0.4, 0.5) is 4.39 Å². The van der Waals surface area contributed by atoms with E-state index in [9.17, 15) is 14.0 Å². The van der Waals surface area contributed by atoms with Gasteiger partial charge in [-0.15, -0.1) is 0 Å². The molecule has 0 unspecified atom stereocenters. The summed E-state index contributed by atoms with van der Waals surface area (Å²) in [5.41, 5.74) is 0.588. The quantitative estimate of drug-likeness (QED) is 0.618. The lowest BCUT2D eigenvalue weighted by atomic mass is 10.1. The molecule has 0 bridgehead atoms. The normalized spacial score (nSPS) is 9.06. The second-order valence-corrected chi connectivity index (χ2v) is 3.06. The molecule has 1 rings (SSSR count). The Hall–Kier alpha value is -2.15. The van der Waals surface area contributed by atoms with E-state index in [0.717, 1.165) is 0 Å². The first-order chi connectivity index (χ1) is 7.63. The maximum Gasteiger partial charge on any atom is 0.307 e. The SMILES string of the molecule is O=CCC#Cc1cc(CC(=O)O)ccc1F. The molecule has 0 fully saturated rings. The maximum atomic E-state index is 13.2. The van der Waals surface area contributed by atoms with Gasteiger partial charge in [0.1, 0.15) is 12.1 Å². The second-order valence-electron chi connectivity index (χ2n) is 3.06. The Labute approximate surface area is 91.9 Å². The highest BCUT2D eigenvalue weighted by Crippen LogP contribution is 2.10. The third kappa shape index (κ3) is 3.54. The average Bonchev–Trinajstić information content (AvgIpc) is 2.22. The molecule has 0 aliphatic rings. The van der Waals surface area contributed by atoms with Crippen molar-refractivity contribution < 1.29 is 19.1 Å². The molecule has 0 spiro atoms. The van der Waals surface area contributed by atoms with Gasteiger partial charge in [0.25, 0.3) is 0 Å². The third-order valence-corrected chi connectivity index (χ3v) is 1.79. The number of hydrogen-bond donors (Lipinski definition) is 1. The molecule has 3 nitrogen and oxygen atoms in total. The van der Waals surface area contributed by atoms with Crippen LogP contribution < -0.4 is 0 Å². The van der Waals surface area contributed by atoms with E-state index in [1.807, 2.05) is 0 Å². The van der Waals surface area contributed by atoms with E-state index in [0.29, 0.717) is 11.8 Å². The molecule has 0 aliphatic heterocycles. The first kappa shape index (κ1) is 11.9. The van der Waals surface area contributed by atoms with Gasteiger partial charge in [0, 0.05) is 0 Å². The fourth-order valence-corrected chi connectivity index (χ4v) is 1.14. The highest BCUT2D eigenvalue weighted by Gasteiger charge is 2.04. The monoisotopic (exact) mass is 220 g/mol. The van der Waals surface area contributed by atoms with Gasteiger partial charge in [-0.1, -0.05) is 17.9 Å². The number of hydrogen-bond acceptors (Lipinski definition) is 2. The first-order valence-corrected chi connectivity index (χ1v) is 4.56. The van der Waals surface area contributed by atoms with E-state index in [1.54, 1.807) is 0 Å². The van der Waals surface area contributed by atoms with Crippen molar-refractivity contribution in [2.24, 2.45) is 0 Å². The van der Waals surface area contributed by atoms with Crippen LogP contribution in [-0.2, 0) is 16.0 Å². The van der Waals surface area contributed by atoms with Gasteiger partial charge in [0.2, 0.25) is 0 Å². The Balaban J connectivity index is 2.95. The zero-order valence-electron chi connectivity index (χ0n) is 8.37. The summed E-state index contributed by atoms with van der Waals surface area (Å²) in [5.74, 6) is 3.44. The maximum absolute atomic E-state index is 13.2. The fraction of sp³-hybridized carbons (Fsp3) is 0.167. The Morgan fingerprint density at radius 2 is 2.25 bits per heavy atom. The van der Waals surface area contributed by atoms with Crippen LogP contribution in [0.3, 0.4) is 0 Å². The lowest BCUT2D eigenvalue weighted by Gasteiger charge is -1.99. The van der Waals surface area contributed by atoms with Crippen molar-refractivity contribution >= 4 is 12.3 Å². The summed E-state index contributed by atoms with van der Waals surface area (Å²) in [6, 6.07) is 3.94. The van der Waals surface area contributed by atoms with Crippen molar-refractivity contribution in [2.75, 3.05) is 0 Å².